The molecule has 2 heterocycles. The minimum atomic E-state index is -0.546. The van der Waals surface area contributed by atoms with Gasteiger partial charge < -0.3 is 14.5 Å². The number of hydrogen-bond acceptors (Lipinski definition) is 3. The van der Waals surface area contributed by atoms with Crippen LogP contribution >= 0.6 is 0 Å². The molecule has 2 aromatic rings. The summed E-state index contributed by atoms with van der Waals surface area (Å²) in [4.78, 5) is 28.8. The van der Waals surface area contributed by atoms with Gasteiger partial charge in [-0.15, -0.1) is 0 Å². The van der Waals surface area contributed by atoms with Gasteiger partial charge in [0.15, 0.2) is 0 Å². The monoisotopic (exact) mass is 396 g/mol. The molecule has 2 saturated heterocycles. The summed E-state index contributed by atoms with van der Waals surface area (Å²) < 4.78 is 19.8. The van der Waals surface area contributed by atoms with Crippen molar-refractivity contribution in [2.45, 2.75) is 31.3 Å². The van der Waals surface area contributed by atoms with Crippen molar-refractivity contribution in [1.29, 1.82) is 0 Å². The lowest BCUT2D eigenvalue weighted by Crippen LogP contribution is -2.62. The minimum absolute atomic E-state index is 0.000843. The molecule has 4 rings (SSSR count). The van der Waals surface area contributed by atoms with Gasteiger partial charge in [0.05, 0.1) is 13.1 Å². The molecule has 1 unspecified atom stereocenters. The van der Waals surface area contributed by atoms with E-state index in [2.05, 4.69) is 0 Å². The number of halogens is 1. The van der Waals surface area contributed by atoms with Crippen LogP contribution in [0, 0.1) is 5.82 Å². The van der Waals surface area contributed by atoms with Gasteiger partial charge in [-0.25, -0.2) is 4.39 Å². The van der Waals surface area contributed by atoms with Crippen molar-refractivity contribution in [2.24, 2.45) is 0 Å². The summed E-state index contributed by atoms with van der Waals surface area (Å²) >= 11 is 0. The maximum absolute atomic E-state index is 13.8. The van der Waals surface area contributed by atoms with E-state index in [0.29, 0.717) is 31.6 Å². The van der Waals surface area contributed by atoms with E-state index in [1.807, 2.05) is 35.2 Å². The van der Waals surface area contributed by atoms with Crippen LogP contribution in [0.25, 0.3) is 0 Å². The molecule has 152 valence electrons. The van der Waals surface area contributed by atoms with Crippen molar-refractivity contribution in [3.8, 4) is 0 Å². The molecule has 2 aliphatic rings. The van der Waals surface area contributed by atoms with Crippen molar-refractivity contribution in [1.82, 2.24) is 4.90 Å². The molecular weight excluding hydrogens is 371 g/mol. The molecule has 0 aromatic heterocycles. The third-order valence-corrected chi connectivity index (χ3v) is 5.78. The van der Waals surface area contributed by atoms with Gasteiger partial charge in [0.2, 0.25) is 5.91 Å². The van der Waals surface area contributed by atoms with Crippen LogP contribution in [0.5, 0.6) is 0 Å². The van der Waals surface area contributed by atoms with E-state index in [9.17, 15) is 14.0 Å². The van der Waals surface area contributed by atoms with Crippen LogP contribution in [-0.4, -0.2) is 48.6 Å². The summed E-state index contributed by atoms with van der Waals surface area (Å²) in [6.07, 6.45) is 2.27. The van der Waals surface area contributed by atoms with Gasteiger partial charge in [-0.3, -0.25) is 9.59 Å². The Morgan fingerprint density at radius 1 is 1.07 bits per heavy atom. The lowest BCUT2D eigenvalue weighted by molar-refractivity contribution is -0.153. The van der Waals surface area contributed by atoms with Gasteiger partial charge >= 0.3 is 0 Å². The summed E-state index contributed by atoms with van der Waals surface area (Å²) in [5, 5.41) is 0. The molecular formula is C23H25FN2O3. The average Bonchev–Trinajstić information content (AvgIpc) is 2.76. The highest BCUT2D eigenvalue weighted by molar-refractivity contribution is 5.95. The van der Waals surface area contributed by atoms with Crippen LogP contribution in [-0.2, 0) is 20.7 Å². The summed E-state index contributed by atoms with van der Waals surface area (Å²) in [5.41, 5.74) is 0.862. The van der Waals surface area contributed by atoms with Crippen LogP contribution in [0.1, 0.15) is 24.8 Å². The van der Waals surface area contributed by atoms with Crippen LogP contribution < -0.4 is 4.90 Å². The zero-order valence-electron chi connectivity index (χ0n) is 16.4. The number of carbonyl (C=O) groups is 2. The SMILES string of the molecule is O=C(CCc1ccccc1F)N1CCCC2(C1)CN(c1ccccc1)C(=O)CO2. The van der Waals surface area contributed by atoms with E-state index in [-0.39, 0.29) is 30.7 Å². The van der Waals surface area contributed by atoms with Gasteiger partial charge in [0.1, 0.15) is 18.0 Å². The summed E-state index contributed by atoms with van der Waals surface area (Å²) in [6, 6.07) is 16.1. The van der Waals surface area contributed by atoms with Crippen LogP contribution in [0.4, 0.5) is 10.1 Å². The lowest BCUT2D eigenvalue weighted by atomic mass is 9.90. The molecule has 29 heavy (non-hydrogen) atoms. The molecule has 2 fully saturated rings. The Balaban J connectivity index is 1.42. The molecule has 0 aliphatic carbocycles. The Morgan fingerprint density at radius 2 is 1.83 bits per heavy atom. The second kappa shape index (κ2) is 8.33. The van der Waals surface area contributed by atoms with E-state index >= 15 is 0 Å². The number of morpholine rings is 1. The summed E-state index contributed by atoms with van der Waals surface area (Å²) in [6.45, 7) is 1.58. The second-order valence-electron chi connectivity index (χ2n) is 7.80. The molecule has 1 spiro atoms. The quantitative estimate of drug-likeness (QED) is 0.798. The fraction of sp³-hybridized carbons (Fsp3) is 0.391. The van der Waals surface area contributed by atoms with Crippen molar-refractivity contribution < 1.29 is 18.7 Å². The normalized spacial score (nSPS) is 22.2. The first-order chi connectivity index (χ1) is 14.1. The number of piperidine rings is 1. The standard InChI is InChI=1S/C23H25FN2O3/c24-20-10-5-4-7-18(20)11-12-21(27)25-14-6-13-23(16-25)17-26(22(28)15-29-23)19-8-2-1-3-9-19/h1-5,7-10H,6,11-17H2. The first-order valence-electron chi connectivity index (χ1n) is 10.1. The molecule has 6 heteroatoms. The van der Waals surface area contributed by atoms with Crippen LogP contribution in [0.15, 0.2) is 54.6 Å². The molecule has 2 amide bonds. The Morgan fingerprint density at radius 3 is 2.62 bits per heavy atom. The van der Waals surface area contributed by atoms with E-state index < -0.39 is 5.60 Å². The number of likely N-dealkylation sites (tertiary alicyclic amines) is 1. The zero-order valence-corrected chi connectivity index (χ0v) is 16.4. The third-order valence-electron chi connectivity index (χ3n) is 5.78. The fourth-order valence-corrected chi connectivity index (χ4v) is 4.22. The van der Waals surface area contributed by atoms with Crippen LogP contribution in [0.2, 0.25) is 0 Å². The number of ether oxygens (including phenoxy) is 1. The van der Waals surface area contributed by atoms with Gasteiger partial charge in [0, 0.05) is 18.7 Å². The number of carbonyl (C=O) groups excluding carboxylic acids is 2. The highest BCUT2D eigenvalue weighted by Crippen LogP contribution is 2.32. The highest BCUT2D eigenvalue weighted by Gasteiger charge is 2.44. The molecule has 0 saturated carbocycles. The topological polar surface area (TPSA) is 49.9 Å². The number of rotatable bonds is 4. The van der Waals surface area contributed by atoms with Gasteiger partial charge in [-0.05, 0) is 43.0 Å². The summed E-state index contributed by atoms with van der Waals surface area (Å²) in [5.74, 6) is -0.341. The first-order valence-corrected chi connectivity index (χ1v) is 10.1. The second-order valence-corrected chi connectivity index (χ2v) is 7.80. The molecule has 0 radical (unpaired) electrons. The maximum Gasteiger partial charge on any atom is 0.253 e. The zero-order chi connectivity index (χ0) is 20.3. The smallest absolute Gasteiger partial charge is 0.253 e. The molecule has 0 bridgehead atoms. The number of para-hydroxylation sites is 1. The Bertz CT molecular complexity index is 889. The minimum Gasteiger partial charge on any atom is -0.361 e. The van der Waals surface area contributed by atoms with Crippen molar-refractivity contribution >= 4 is 17.5 Å². The number of nitrogens with zero attached hydrogens (tertiary/aromatic N) is 2. The fourth-order valence-electron chi connectivity index (χ4n) is 4.22. The largest absolute Gasteiger partial charge is 0.361 e. The molecule has 2 aromatic carbocycles. The number of benzene rings is 2. The summed E-state index contributed by atoms with van der Waals surface area (Å²) in [7, 11) is 0. The Kier molecular flexibility index (Phi) is 5.62. The first kappa shape index (κ1) is 19.6. The Labute approximate surface area is 170 Å². The lowest BCUT2D eigenvalue weighted by Gasteiger charge is -2.47. The van der Waals surface area contributed by atoms with Gasteiger partial charge in [-0.1, -0.05) is 36.4 Å². The van der Waals surface area contributed by atoms with Crippen molar-refractivity contribution in [2.75, 3.05) is 31.1 Å². The number of amides is 2. The maximum atomic E-state index is 13.8. The molecule has 5 nitrogen and oxygen atoms in total. The molecule has 0 N–H and O–H groups in total. The van der Waals surface area contributed by atoms with E-state index in [4.69, 9.17) is 4.74 Å². The highest BCUT2D eigenvalue weighted by atomic mass is 19.1. The average molecular weight is 396 g/mol. The van der Waals surface area contributed by atoms with Crippen molar-refractivity contribution in [3.63, 3.8) is 0 Å². The third kappa shape index (κ3) is 4.32. The van der Waals surface area contributed by atoms with E-state index in [1.54, 1.807) is 23.1 Å². The van der Waals surface area contributed by atoms with Crippen LogP contribution in [0.3, 0.4) is 0 Å². The van der Waals surface area contributed by atoms with Gasteiger partial charge in [-0.2, -0.15) is 0 Å². The van der Waals surface area contributed by atoms with Gasteiger partial charge in [0.25, 0.3) is 5.91 Å². The van der Waals surface area contributed by atoms with E-state index in [0.717, 1.165) is 18.5 Å². The molecule has 2 aliphatic heterocycles. The number of anilines is 1. The number of hydrogen-bond donors (Lipinski definition) is 0. The molecule has 1 atom stereocenters. The predicted octanol–water partition coefficient (Wildman–Crippen LogP) is 3.18. The van der Waals surface area contributed by atoms with Crippen molar-refractivity contribution in [3.05, 3.63) is 66.0 Å². The van der Waals surface area contributed by atoms with E-state index in [1.165, 1.54) is 6.07 Å². The Hall–Kier alpha value is -2.73. The number of aryl methyl sites for hydroxylation is 1. The predicted molar refractivity (Wildman–Crippen MR) is 108 cm³/mol.